The number of sulfone groups is 1. The minimum Gasteiger partial charge on any atom is -0.299 e. The number of hydrogen-bond donors (Lipinski definition) is 1. The van der Waals surface area contributed by atoms with E-state index in [4.69, 9.17) is 11.6 Å². The predicted molar refractivity (Wildman–Crippen MR) is 98.5 cm³/mol. The van der Waals surface area contributed by atoms with Gasteiger partial charge < -0.3 is 0 Å². The number of H-pyrrole nitrogens is 1. The van der Waals surface area contributed by atoms with E-state index >= 15 is 0 Å². The lowest BCUT2D eigenvalue weighted by Gasteiger charge is -2.07. The van der Waals surface area contributed by atoms with Gasteiger partial charge in [0, 0.05) is 16.4 Å². The number of aromatic nitrogens is 2. The topological polar surface area (TPSA) is 84.3 Å². The van der Waals surface area contributed by atoms with Crippen molar-refractivity contribution in [2.75, 3.05) is 11.5 Å². The predicted octanol–water partition coefficient (Wildman–Crippen LogP) is 3.01. The Hall–Kier alpha value is -1.38. The number of halogens is 2. The number of benzene rings is 1. The Bertz CT molecular complexity index is 978. The quantitative estimate of drug-likeness (QED) is 0.757. The molecule has 1 aromatic carbocycles. The summed E-state index contributed by atoms with van der Waals surface area (Å²) < 4.78 is 25.5. The Balaban J connectivity index is 1.92. The van der Waals surface area contributed by atoms with E-state index in [0.717, 1.165) is 4.47 Å². The molecule has 128 valence electrons. The van der Waals surface area contributed by atoms with Crippen molar-refractivity contribution < 1.29 is 8.42 Å². The monoisotopic (exact) mass is 431 g/mol. The van der Waals surface area contributed by atoms with Crippen molar-refractivity contribution in [1.29, 1.82) is 0 Å². The van der Waals surface area contributed by atoms with Crippen LogP contribution in [0.4, 0.5) is 5.69 Å². The number of nitrogens with one attached hydrogen (secondary N) is 1. The fourth-order valence-corrected chi connectivity index (χ4v) is 5.11. The second kappa shape index (κ2) is 6.50. The molecule has 1 atom stereocenters. The zero-order chi connectivity index (χ0) is 17.5. The van der Waals surface area contributed by atoms with Gasteiger partial charge in [-0.15, -0.1) is 0 Å². The third kappa shape index (κ3) is 3.50. The smallest absolute Gasteiger partial charge is 0.275 e. The Labute approximate surface area is 152 Å². The SMILES string of the molecule is Cc1[nH]n(C2CCS(=O)(=O)C2)c(=O)c1C=Nc1ccc(Br)cc1Cl. The van der Waals surface area contributed by atoms with Crippen LogP contribution in [0.5, 0.6) is 0 Å². The molecule has 1 aliphatic rings. The van der Waals surface area contributed by atoms with Crippen LogP contribution in [0, 0.1) is 6.92 Å². The molecule has 24 heavy (non-hydrogen) atoms. The molecule has 1 aromatic heterocycles. The lowest BCUT2D eigenvalue weighted by Crippen LogP contribution is -2.25. The average molecular weight is 433 g/mol. The molecule has 0 aliphatic carbocycles. The Morgan fingerprint density at radius 1 is 1.46 bits per heavy atom. The van der Waals surface area contributed by atoms with Crippen LogP contribution < -0.4 is 5.56 Å². The van der Waals surface area contributed by atoms with Crippen molar-refractivity contribution in [2.24, 2.45) is 4.99 Å². The van der Waals surface area contributed by atoms with Gasteiger partial charge in [-0.1, -0.05) is 27.5 Å². The van der Waals surface area contributed by atoms with Crippen molar-refractivity contribution >= 4 is 49.3 Å². The van der Waals surface area contributed by atoms with Crippen LogP contribution in [-0.4, -0.2) is 35.9 Å². The van der Waals surface area contributed by atoms with Gasteiger partial charge in [0.1, 0.15) is 0 Å². The van der Waals surface area contributed by atoms with Crippen molar-refractivity contribution in [3.05, 3.63) is 49.3 Å². The second-order valence-corrected chi connectivity index (χ2v) is 9.29. The molecular weight excluding hydrogens is 418 g/mol. The molecule has 2 aromatic rings. The van der Waals surface area contributed by atoms with Gasteiger partial charge in [-0.3, -0.25) is 14.9 Å². The number of nitrogens with zero attached hydrogens (tertiary/aromatic N) is 2. The normalized spacial score (nSPS) is 20.0. The van der Waals surface area contributed by atoms with E-state index < -0.39 is 9.84 Å². The summed E-state index contributed by atoms with van der Waals surface area (Å²) >= 11 is 9.44. The molecule has 9 heteroatoms. The van der Waals surface area contributed by atoms with Crippen molar-refractivity contribution in [2.45, 2.75) is 19.4 Å². The summed E-state index contributed by atoms with van der Waals surface area (Å²) in [6, 6.07) is 4.93. The fraction of sp³-hybridized carbons (Fsp3) is 0.333. The number of aromatic amines is 1. The molecule has 3 rings (SSSR count). The zero-order valence-corrected chi connectivity index (χ0v) is 15.9. The van der Waals surface area contributed by atoms with Gasteiger partial charge in [0.2, 0.25) is 0 Å². The highest BCUT2D eigenvalue weighted by Crippen LogP contribution is 2.28. The third-order valence-electron chi connectivity index (χ3n) is 3.96. The van der Waals surface area contributed by atoms with E-state index in [-0.39, 0.29) is 23.1 Å². The van der Waals surface area contributed by atoms with Gasteiger partial charge in [-0.25, -0.2) is 13.1 Å². The molecule has 0 bridgehead atoms. The van der Waals surface area contributed by atoms with Crippen LogP contribution in [0.3, 0.4) is 0 Å². The molecule has 2 heterocycles. The summed E-state index contributed by atoms with van der Waals surface area (Å²) in [7, 11) is -3.06. The first-order chi connectivity index (χ1) is 11.3. The van der Waals surface area contributed by atoms with E-state index in [9.17, 15) is 13.2 Å². The van der Waals surface area contributed by atoms with Crippen LogP contribution in [0.25, 0.3) is 0 Å². The van der Waals surface area contributed by atoms with Gasteiger partial charge in [0.15, 0.2) is 9.84 Å². The fourth-order valence-electron chi connectivity index (χ4n) is 2.69. The zero-order valence-electron chi connectivity index (χ0n) is 12.8. The number of hydrogen-bond acceptors (Lipinski definition) is 4. The highest BCUT2D eigenvalue weighted by atomic mass is 79.9. The van der Waals surface area contributed by atoms with E-state index in [1.54, 1.807) is 19.1 Å². The number of aliphatic imine (C=N–C) groups is 1. The van der Waals surface area contributed by atoms with Crippen LogP contribution in [0.15, 0.2) is 32.5 Å². The van der Waals surface area contributed by atoms with Gasteiger partial charge in [0.25, 0.3) is 5.56 Å². The maximum absolute atomic E-state index is 12.6. The molecule has 1 fully saturated rings. The van der Waals surface area contributed by atoms with Gasteiger partial charge >= 0.3 is 0 Å². The highest BCUT2D eigenvalue weighted by molar-refractivity contribution is 9.10. The van der Waals surface area contributed by atoms with Gasteiger partial charge in [-0.2, -0.15) is 0 Å². The Morgan fingerprint density at radius 3 is 2.83 bits per heavy atom. The molecule has 0 spiro atoms. The van der Waals surface area contributed by atoms with Gasteiger partial charge in [-0.05, 0) is 31.5 Å². The number of rotatable bonds is 3. The van der Waals surface area contributed by atoms with Crippen LogP contribution in [-0.2, 0) is 9.84 Å². The van der Waals surface area contributed by atoms with E-state index in [2.05, 4.69) is 26.0 Å². The van der Waals surface area contributed by atoms with Crippen molar-refractivity contribution in [3.63, 3.8) is 0 Å². The molecule has 6 nitrogen and oxygen atoms in total. The first-order valence-corrected chi connectivity index (χ1v) is 10.3. The maximum Gasteiger partial charge on any atom is 0.275 e. The Morgan fingerprint density at radius 2 is 2.21 bits per heavy atom. The summed E-state index contributed by atoms with van der Waals surface area (Å²) in [6.45, 7) is 1.76. The molecule has 0 amide bonds. The van der Waals surface area contributed by atoms with E-state index in [1.807, 2.05) is 6.07 Å². The highest BCUT2D eigenvalue weighted by Gasteiger charge is 2.31. The molecule has 0 saturated carbocycles. The van der Waals surface area contributed by atoms with E-state index in [0.29, 0.717) is 28.4 Å². The summed E-state index contributed by atoms with van der Waals surface area (Å²) in [5.74, 6) is 0.0993. The third-order valence-corrected chi connectivity index (χ3v) is 6.50. The average Bonchev–Trinajstić information content (AvgIpc) is 2.99. The molecule has 1 N–H and O–H groups in total. The van der Waals surface area contributed by atoms with Crippen molar-refractivity contribution in [1.82, 2.24) is 9.78 Å². The molecule has 1 aliphatic heterocycles. The summed E-state index contributed by atoms with van der Waals surface area (Å²) in [4.78, 5) is 16.8. The van der Waals surface area contributed by atoms with Crippen molar-refractivity contribution in [3.8, 4) is 0 Å². The second-order valence-electron chi connectivity index (χ2n) is 5.74. The first-order valence-electron chi connectivity index (χ1n) is 7.27. The maximum atomic E-state index is 12.6. The molecule has 1 unspecified atom stereocenters. The molecule has 1 saturated heterocycles. The first kappa shape index (κ1) is 17.4. The summed E-state index contributed by atoms with van der Waals surface area (Å²) in [5, 5.41) is 3.43. The van der Waals surface area contributed by atoms with Gasteiger partial charge in [0.05, 0.1) is 33.8 Å². The minimum absolute atomic E-state index is 0.0119. The summed E-state index contributed by atoms with van der Waals surface area (Å²) in [6.07, 6.45) is 1.90. The van der Waals surface area contributed by atoms with Crippen LogP contribution in [0.1, 0.15) is 23.7 Å². The summed E-state index contributed by atoms with van der Waals surface area (Å²) in [5.41, 5.74) is 1.32. The van der Waals surface area contributed by atoms with E-state index in [1.165, 1.54) is 10.9 Å². The lowest BCUT2D eigenvalue weighted by molar-refractivity contribution is 0.483. The lowest BCUT2D eigenvalue weighted by atomic mass is 10.2. The standard InChI is InChI=1S/C15H15BrClN3O3S/c1-9-12(7-18-14-3-2-10(16)6-13(14)17)15(21)20(19-9)11-4-5-24(22,23)8-11/h2-3,6-7,11,19H,4-5,8H2,1H3. The largest absolute Gasteiger partial charge is 0.299 e. The van der Waals surface area contributed by atoms with Crippen LogP contribution in [0.2, 0.25) is 5.02 Å². The Kier molecular flexibility index (Phi) is 4.72. The minimum atomic E-state index is -3.06. The molecular formula is C15H15BrClN3O3S. The number of aryl methyl sites for hydroxylation is 1. The molecule has 0 radical (unpaired) electrons. The van der Waals surface area contributed by atoms with Crippen LogP contribution >= 0.6 is 27.5 Å².